The van der Waals surface area contributed by atoms with E-state index in [1.54, 1.807) is 18.2 Å². The van der Waals surface area contributed by atoms with E-state index in [9.17, 15) is 10.1 Å². The molecule has 2 rings (SSSR count). The number of nitro groups is 1. The summed E-state index contributed by atoms with van der Waals surface area (Å²) in [5, 5.41) is 10.9. The quantitative estimate of drug-likeness (QED) is 0.599. The van der Waals surface area contributed by atoms with Crippen LogP contribution in [-0.2, 0) is 4.74 Å². The Bertz CT molecular complexity index is 432. The molecule has 1 aliphatic heterocycles. The first-order valence-electron chi connectivity index (χ1n) is 6.36. The fourth-order valence-corrected chi connectivity index (χ4v) is 2.06. The van der Waals surface area contributed by atoms with E-state index >= 15 is 0 Å². The van der Waals surface area contributed by atoms with Crippen molar-refractivity contribution in [1.82, 2.24) is 4.90 Å². The number of rotatable bonds is 5. The summed E-state index contributed by atoms with van der Waals surface area (Å²) < 4.78 is 10.9. The highest BCUT2D eigenvalue weighted by atomic mass is 16.6. The molecule has 6 heteroatoms. The van der Waals surface area contributed by atoms with Crippen LogP contribution in [0.15, 0.2) is 24.3 Å². The lowest BCUT2D eigenvalue weighted by Crippen LogP contribution is -2.44. The Balaban J connectivity index is 1.92. The highest BCUT2D eigenvalue weighted by molar-refractivity contribution is 5.45. The van der Waals surface area contributed by atoms with Gasteiger partial charge >= 0.3 is 5.69 Å². The number of nitrogens with zero attached hydrogens (tertiary/aromatic N) is 2. The van der Waals surface area contributed by atoms with E-state index in [1.165, 1.54) is 6.07 Å². The number of hydrogen-bond donors (Lipinski definition) is 0. The molecule has 1 unspecified atom stereocenters. The normalized spacial score (nSPS) is 17.9. The van der Waals surface area contributed by atoms with Gasteiger partial charge in [0.25, 0.3) is 0 Å². The maximum atomic E-state index is 10.9. The Morgan fingerprint density at radius 3 is 2.79 bits per heavy atom. The lowest BCUT2D eigenvalue weighted by molar-refractivity contribution is -0.385. The lowest BCUT2D eigenvalue weighted by Gasteiger charge is -2.31. The van der Waals surface area contributed by atoms with E-state index in [1.807, 2.05) is 0 Å². The predicted molar refractivity (Wildman–Crippen MR) is 70.4 cm³/mol. The molecule has 1 aromatic rings. The predicted octanol–water partition coefficient (Wildman–Crippen LogP) is 1.69. The van der Waals surface area contributed by atoms with Crippen LogP contribution in [0.1, 0.15) is 6.92 Å². The maximum Gasteiger partial charge on any atom is 0.310 e. The summed E-state index contributed by atoms with van der Waals surface area (Å²) in [6.45, 7) is 5.71. The van der Waals surface area contributed by atoms with Crippen LogP contribution in [0.4, 0.5) is 5.69 Å². The van der Waals surface area contributed by atoms with Crippen molar-refractivity contribution < 1.29 is 14.4 Å². The van der Waals surface area contributed by atoms with Gasteiger partial charge in [-0.05, 0) is 13.0 Å². The van der Waals surface area contributed by atoms with Gasteiger partial charge in [-0.3, -0.25) is 15.0 Å². The third kappa shape index (κ3) is 3.65. The lowest BCUT2D eigenvalue weighted by atomic mass is 10.2. The Morgan fingerprint density at radius 1 is 1.42 bits per heavy atom. The molecule has 1 atom stereocenters. The van der Waals surface area contributed by atoms with Gasteiger partial charge in [-0.2, -0.15) is 0 Å². The Hall–Kier alpha value is -1.66. The smallest absolute Gasteiger partial charge is 0.310 e. The molecule has 0 bridgehead atoms. The number of para-hydroxylation sites is 2. The van der Waals surface area contributed by atoms with Gasteiger partial charge in [-0.15, -0.1) is 0 Å². The van der Waals surface area contributed by atoms with E-state index in [4.69, 9.17) is 9.47 Å². The third-order valence-corrected chi connectivity index (χ3v) is 3.21. The first-order chi connectivity index (χ1) is 9.18. The van der Waals surface area contributed by atoms with Crippen molar-refractivity contribution in [1.29, 1.82) is 0 Å². The second kappa shape index (κ2) is 6.49. The summed E-state index contributed by atoms with van der Waals surface area (Å²) in [7, 11) is 0. The molecular weight excluding hydrogens is 248 g/mol. The molecule has 1 saturated heterocycles. The number of benzene rings is 1. The van der Waals surface area contributed by atoms with Crippen LogP contribution in [0, 0.1) is 10.1 Å². The molecule has 104 valence electrons. The van der Waals surface area contributed by atoms with E-state index < -0.39 is 4.92 Å². The highest BCUT2D eigenvalue weighted by Crippen LogP contribution is 2.26. The van der Waals surface area contributed by atoms with Crippen LogP contribution in [0.25, 0.3) is 0 Å². The zero-order chi connectivity index (χ0) is 13.7. The summed E-state index contributed by atoms with van der Waals surface area (Å²) in [4.78, 5) is 12.7. The van der Waals surface area contributed by atoms with E-state index in [2.05, 4.69) is 11.8 Å². The third-order valence-electron chi connectivity index (χ3n) is 3.21. The summed E-state index contributed by atoms with van der Waals surface area (Å²) in [6, 6.07) is 6.67. The summed E-state index contributed by atoms with van der Waals surface area (Å²) in [5.74, 6) is 0.326. The van der Waals surface area contributed by atoms with Gasteiger partial charge in [-0.25, -0.2) is 0 Å². The first kappa shape index (κ1) is 13.8. The zero-order valence-electron chi connectivity index (χ0n) is 10.9. The molecule has 1 aliphatic rings. The van der Waals surface area contributed by atoms with Crippen LogP contribution >= 0.6 is 0 Å². The first-order valence-corrected chi connectivity index (χ1v) is 6.36. The summed E-state index contributed by atoms with van der Waals surface area (Å²) in [6.07, 6.45) is 0. The van der Waals surface area contributed by atoms with Crippen molar-refractivity contribution in [3.8, 4) is 5.75 Å². The second-order valence-corrected chi connectivity index (χ2v) is 4.53. The number of hydrogen-bond acceptors (Lipinski definition) is 5. The molecule has 0 radical (unpaired) electrons. The van der Waals surface area contributed by atoms with Gasteiger partial charge in [0.15, 0.2) is 5.75 Å². The molecule has 0 amide bonds. The van der Waals surface area contributed by atoms with Crippen LogP contribution < -0.4 is 4.74 Å². The minimum Gasteiger partial charge on any atom is -0.485 e. The van der Waals surface area contributed by atoms with Gasteiger partial charge in [0, 0.05) is 25.2 Å². The van der Waals surface area contributed by atoms with E-state index in [-0.39, 0.29) is 11.7 Å². The highest BCUT2D eigenvalue weighted by Gasteiger charge is 2.19. The fourth-order valence-electron chi connectivity index (χ4n) is 2.06. The van der Waals surface area contributed by atoms with Gasteiger partial charge in [-0.1, -0.05) is 12.1 Å². The molecule has 19 heavy (non-hydrogen) atoms. The standard InChI is InChI=1S/C13H18N2O4/c1-11(14-6-8-18-9-7-14)10-19-13-5-3-2-4-12(13)15(16)17/h2-5,11H,6-10H2,1H3. The minimum atomic E-state index is -0.422. The largest absolute Gasteiger partial charge is 0.485 e. The van der Waals surface area contributed by atoms with E-state index in [0.717, 1.165) is 26.3 Å². The Morgan fingerprint density at radius 2 is 2.11 bits per heavy atom. The number of morpholine rings is 1. The van der Waals surface area contributed by atoms with Crippen LogP contribution in [0.2, 0.25) is 0 Å². The SMILES string of the molecule is CC(COc1ccccc1[N+](=O)[O-])N1CCOCC1. The average molecular weight is 266 g/mol. The zero-order valence-corrected chi connectivity index (χ0v) is 10.9. The van der Waals surface area contributed by atoms with Crippen molar-refractivity contribution in [3.63, 3.8) is 0 Å². The summed E-state index contributed by atoms with van der Waals surface area (Å²) >= 11 is 0. The van der Waals surface area contributed by atoms with Crippen molar-refractivity contribution in [2.75, 3.05) is 32.9 Å². The van der Waals surface area contributed by atoms with Crippen molar-refractivity contribution in [2.45, 2.75) is 13.0 Å². The molecule has 0 aromatic heterocycles. The summed E-state index contributed by atoms with van der Waals surface area (Å²) in [5.41, 5.74) is 0.0108. The van der Waals surface area contributed by atoms with Gasteiger partial charge in [0.1, 0.15) is 6.61 Å². The number of nitro benzene ring substituents is 1. The second-order valence-electron chi connectivity index (χ2n) is 4.53. The molecule has 6 nitrogen and oxygen atoms in total. The van der Waals surface area contributed by atoms with Gasteiger partial charge in [0.05, 0.1) is 18.1 Å². The molecule has 0 N–H and O–H groups in total. The molecule has 0 saturated carbocycles. The Kier molecular flexibility index (Phi) is 4.70. The number of ether oxygens (including phenoxy) is 2. The monoisotopic (exact) mass is 266 g/mol. The van der Waals surface area contributed by atoms with Crippen molar-refractivity contribution in [2.24, 2.45) is 0 Å². The Labute approximate surface area is 112 Å². The van der Waals surface area contributed by atoms with Crippen LogP contribution in [0.5, 0.6) is 5.75 Å². The van der Waals surface area contributed by atoms with Crippen LogP contribution in [0.3, 0.4) is 0 Å². The maximum absolute atomic E-state index is 10.9. The molecule has 1 heterocycles. The van der Waals surface area contributed by atoms with Crippen molar-refractivity contribution in [3.05, 3.63) is 34.4 Å². The fraction of sp³-hybridized carbons (Fsp3) is 0.538. The molecule has 0 spiro atoms. The molecule has 1 fully saturated rings. The molecule has 0 aliphatic carbocycles. The molecule has 1 aromatic carbocycles. The minimum absolute atomic E-state index is 0.0108. The van der Waals surface area contributed by atoms with Crippen molar-refractivity contribution >= 4 is 5.69 Å². The van der Waals surface area contributed by atoms with Gasteiger partial charge < -0.3 is 9.47 Å². The van der Waals surface area contributed by atoms with E-state index in [0.29, 0.717) is 12.4 Å². The van der Waals surface area contributed by atoms with Gasteiger partial charge in [0.2, 0.25) is 0 Å². The van der Waals surface area contributed by atoms with Crippen LogP contribution in [-0.4, -0.2) is 48.8 Å². The average Bonchev–Trinajstić information content (AvgIpc) is 2.46. The molecular formula is C13H18N2O4. The topological polar surface area (TPSA) is 64.8 Å².